The molecule has 0 heterocycles. The fraction of sp³-hybridized carbons (Fsp3) is 0.286. The molecule has 120 valence electrons. The van der Waals surface area contributed by atoms with Gasteiger partial charge >= 0.3 is 0 Å². The molecule has 0 saturated carbocycles. The van der Waals surface area contributed by atoms with Gasteiger partial charge in [0.15, 0.2) is 0 Å². The van der Waals surface area contributed by atoms with Crippen LogP contribution in [0.25, 0.3) is 6.08 Å². The third-order valence-corrected chi connectivity index (χ3v) is 3.98. The smallest absolute Gasteiger partial charge is 0.248 e. The van der Waals surface area contributed by atoms with E-state index in [4.69, 9.17) is 0 Å². The van der Waals surface area contributed by atoms with Gasteiger partial charge in [0.05, 0.1) is 0 Å². The van der Waals surface area contributed by atoms with E-state index in [1.165, 1.54) is 16.7 Å². The molecule has 0 aliphatic rings. The van der Waals surface area contributed by atoms with E-state index in [-0.39, 0.29) is 11.3 Å². The average Bonchev–Trinajstić information content (AvgIpc) is 2.48. The first-order chi connectivity index (χ1) is 10.8. The van der Waals surface area contributed by atoms with Crippen LogP contribution in [0.5, 0.6) is 0 Å². The molecule has 0 fully saturated rings. The molecule has 2 rings (SSSR count). The van der Waals surface area contributed by atoms with Crippen molar-refractivity contribution in [2.75, 3.05) is 5.32 Å². The lowest BCUT2D eigenvalue weighted by atomic mass is 9.87. The van der Waals surface area contributed by atoms with E-state index < -0.39 is 0 Å². The van der Waals surface area contributed by atoms with Crippen molar-refractivity contribution in [2.24, 2.45) is 0 Å². The monoisotopic (exact) mass is 307 g/mol. The summed E-state index contributed by atoms with van der Waals surface area (Å²) in [5, 5.41) is 2.89. The summed E-state index contributed by atoms with van der Waals surface area (Å²) in [5.41, 5.74) is 5.67. The quantitative estimate of drug-likeness (QED) is 0.771. The number of carbonyl (C=O) groups is 1. The summed E-state index contributed by atoms with van der Waals surface area (Å²) in [7, 11) is 0. The highest BCUT2D eigenvalue weighted by Crippen LogP contribution is 2.22. The van der Waals surface area contributed by atoms with E-state index >= 15 is 0 Å². The van der Waals surface area contributed by atoms with Gasteiger partial charge in [0.2, 0.25) is 5.91 Å². The van der Waals surface area contributed by atoms with E-state index in [0.717, 1.165) is 11.3 Å². The summed E-state index contributed by atoms with van der Waals surface area (Å²) >= 11 is 0. The van der Waals surface area contributed by atoms with Gasteiger partial charge in [-0.2, -0.15) is 0 Å². The SMILES string of the molecule is Cc1ccc(NC(=O)C=Cc2ccc(C(C)(C)C)cc2)cc1C. The molecule has 23 heavy (non-hydrogen) atoms. The minimum absolute atomic E-state index is 0.117. The number of carbonyl (C=O) groups excluding carboxylic acids is 1. The van der Waals surface area contributed by atoms with E-state index in [0.29, 0.717) is 0 Å². The first-order valence-electron chi connectivity index (χ1n) is 7.92. The van der Waals surface area contributed by atoms with Gasteiger partial charge in [-0.25, -0.2) is 0 Å². The summed E-state index contributed by atoms with van der Waals surface area (Å²) in [4.78, 5) is 12.0. The maximum Gasteiger partial charge on any atom is 0.248 e. The fourth-order valence-electron chi connectivity index (χ4n) is 2.27. The van der Waals surface area contributed by atoms with E-state index in [9.17, 15) is 4.79 Å². The van der Waals surface area contributed by atoms with Crippen LogP contribution in [-0.2, 0) is 10.2 Å². The predicted octanol–water partition coefficient (Wildman–Crippen LogP) is 5.25. The molecule has 2 aromatic carbocycles. The van der Waals surface area contributed by atoms with Crippen LogP contribution in [0.4, 0.5) is 5.69 Å². The minimum atomic E-state index is -0.117. The Morgan fingerprint density at radius 2 is 1.61 bits per heavy atom. The number of hydrogen-bond acceptors (Lipinski definition) is 1. The second kappa shape index (κ2) is 6.82. The Morgan fingerprint density at radius 3 is 2.17 bits per heavy atom. The summed E-state index contributed by atoms with van der Waals surface area (Å²) in [6.07, 6.45) is 3.41. The molecule has 1 N–H and O–H groups in total. The highest BCUT2D eigenvalue weighted by Gasteiger charge is 2.12. The largest absolute Gasteiger partial charge is 0.323 e. The molecule has 0 radical (unpaired) electrons. The van der Waals surface area contributed by atoms with Gasteiger partial charge in [-0.05, 0) is 59.7 Å². The molecule has 0 aliphatic heterocycles. The van der Waals surface area contributed by atoms with Crippen LogP contribution in [0.3, 0.4) is 0 Å². The first kappa shape index (κ1) is 17.0. The molecule has 2 heteroatoms. The zero-order valence-electron chi connectivity index (χ0n) is 14.6. The van der Waals surface area contributed by atoms with Crippen molar-refractivity contribution in [3.05, 3.63) is 70.8 Å². The molecular formula is C21H25NO. The standard InChI is InChI=1S/C21H25NO/c1-15-6-12-19(14-16(15)2)22-20(23)13-9-17-7-10-18(11-8-17)21(3,4)5/h6-14H,1-5H3,(H,22,23). The Kier molecular flexibility index (Phi) is 5.05. The number of nitrogens with one attached hydrogen (secondary N) is 1. The third-order valence-electron chi connectivity index (χ3n) is 3.98. The zero-order valence-corrected chi connectivity index (χ0v) is 14.6. The van der Waals surface area contributed by atoms with E-state index in [1.54, 1.807) is 6.08 Å². The topological polar surface area (TPSA) is 29.1 Å². The van der Waals surface area contributed by atoms with Crippen LogP contribution in [0.1, 0.15) is 43.0 Å². The number of hydrogen-bond donors (Lipinski definition) is 1. The molecule has 0 atom stereocenters. The highest BCUT2D eigenvalue weighted by atomic mass is 16.1. The Bertz CT molecular complexity index is 718. The highest BCUT2D eigenvalue weighted by molar-refractivity contribution is 6.01. The van der Waals surface area contributed by atoms with Crippen molar-refractivity contribution < 1.29 is 4.79 Å². The second-order valence-electron chi connectivity index (χ2n) is 6.99. The van der Waals surface area contributed by atoms with Crippen molar-refractivity contribution in [3.63, 3.8) is 0 Å². The molecule has 0 aliphatic carbocycles. The zero-order chi connectivity index (χ0) is 17.0. The maximum absolute atomic E-state index is 12.0. The normalized spacial score (nSPS) is 11.7. The van der Waals surface area contributed by atoms with Gasteiger partial charge in [0.1, 0.15) is 0 Å². The molecule has 0 aromatic heterocycles. The lowest BCUT2D eigenvalue weighted by molar-refractivity contribution is -0.111. The molecule has 0 unspecified atom stereocenters. The van der Waals surface area contributed by atoms with Crippen LogP contribution in [0, 0.1) is 13.8 Å². The van der Waals surface area contributed by atoms with Gasteiger partial charge in [-0.3, -0.25) is 4.79 Å². The summed E-state index contributed by atoms with van der Waals surface area (Å²) in [5.74, 6) is -0.117. The second-order valence-corrected chi connectivity index (χ2v) is 6.99. The van der Waals surface area contributed by atoms with Gasteiger partial charge in [-0.15, -0.1) is 0 Å². The van der Waals surface area contributed by atoms with Crippen LogP contribution in [-0.4, -0.2) is 5.91 Å². The lowest BCUT2D eigenvalue weighted by Crippen LogP contribution is -2.10. The van der Waals surface area contributed by atoms with Gasteiger partial charge in [-0.1, -0.05) is 51.1 Å². The predicted molar refractivity (Wildman–Crippen MR) is 98.7 cm³/mol. The van der Waals surface area contributed by atoms with Gasteiger partial charge in [0, 0.05) is 11.8 Å². The Hall–Kier alpha value is -2.35. The van der Waals surface area contributed by atoms with Crippen molar-refractivity contribution in [1.82, 2.24) is 0 Å². The minimum Gasteiger partial charge on any atom is -0.323 e. The molecule has 0 bridgehead atoms. The average molecular weight is 307 g/mol. The molecule has 0 saturated heterocycles. The van der Waals surface area contributed by atoms with Crippen LogP contribution < -0.4 is 5.32 Å². The lowest BCUT2D eigenvalue weighted by Gasteiger charge is -2.18. The Balaban J connectivity index is 2.02. The first-order valence-corrected chi connectivity index (χ1v) is 7.92. The number of benzene rings is 2. The van der Waals surface area contributed by atoms with Crippen molar-refractivity contribution in [3.8, 4) is 0 Å². The molecule has 0 spiro atoms. The number of aryl methyl sites for hydroxylation is 2. The van der Waals surface area contributed by atoms with Gasteiger partial charge < -0.3 is 5.32 Å². The number of amides is 1. The maximum atomic E-state index is 12.0. The van der Waals surface area contributed by atoms with Crippen LogP contribution in [0.15, 0.2) is 48.5 Å². The Morgan fingerprint density at radius 1 is 0.957 bits per heavy atom. The van der Waals surface area contributed by atoms with Gasteiger partial charge in [0.25, 0.3) is 0 Å². The van der Waals surface area contributed by atoms with E-state index in [1.807, 2.05) is 43.3 Å². The molecule has 2 aromatic rings. The third kappa shape index (κ3) is 4.82. The van der Waals surface area contributed by atoms with Crippen molar-refractivity contribution >= 4 is 17.7 Å². The molecule has 1 amide bonds. The fourth-order valence-corrected chi connectivity index (χ4v) is 2.27. The molecular weight excluding hydrogens is 282 g/mol. The number of rotatable bonds is 3. The summed E-state index contributed by atoms with van der Waals surface area (Å²) in [6, 6.07) is 14.2. The molecule has 2 nitrogen and oxygen atoms in total. The Labute approximate surface area is 139 Å². The van der Waals surface area contributed by atoms with E-state index in [2.05, 4.69) is 45.1 Å². The summed E-state index contributed by atoms with van der Waals surface area (Å²) < 4.78 is 0. The van der Waals surface area contributed by atoms with Crippen LogP contribution in [0.2, 0.25) is 0 Å². The van der Waals surface area contributed by atoms with Crippen LogP contribution >= 0.6 is 0 Å². The number of anilines is 1. The van der Waals surface area contributed by atoms with Crippen molar-refractivity contribution in [2.45, 2.75) is 40.0 Å². The van der Waals surface area contributed by atoms with Crippen molar-refractivity contribution in [1.29, 1.82) is 0 Å². The summed E-state index contributed by atoms with van der Waals surface area (Å²) in [6.45, 7) is 10.7.